The third kappa shape index (κ3) is 3.32. The summed E-state index contributed by atoms with van der Waals surface area (Å²) >= 11 is 5.78. The van der Waals surface area contributed by atoms with Crippen LogP contribution in [0.5, 0.6) is 0 Å². The Morgan fingerprint density at radius 1 is 1.26 bits per heavy atom. The third-order valence-corrected chi connectivity index (χ3v) is 2.75. The number of amides is 1. The van der Waals surface area contributed by atoms with Gasteiger partial charge in [0.1, 0.15) is 5.82 Å². The predicted molar refractivity (Wildman–Crippen MR) is 74.5 cm³/mol. The highest BCUT2D eigenvalue weighted by Gasteiger charge is 2.21. The Bertz CT molecular complexity index is 583. The number of halogens is 1. The van der Waals surface area contributed by atoms with Crippen molar-refractivity contribution in [2.24, 2.45) is 0 Å². The summed E-state index contributed by atoms with van der Waals surface area (Å²) in [6, 6.07) is 6.85. The summed E-state index contributed by atoms with van der Waals surface area (Å²) in [6.45, 7) is 5.98. The topological polar surface area (TPSA) is 70.7 Å². The highest BCUT2D eigenvalue weighted by atomic mass is 35.5. The zero-order valence-corrected chi connectivity index (χ0v) is 11.7. The van der Waals surface area contributed by atoms with Gasteiger partial charge in [-0.25, -0.2) is 4.98 Å². The monoisotopic (exact) mass is 278 g/mol. The van der Waals surface area contributed by atoms with Gasteiger partial charge in [-0.3, -0.25) is 9.89 Å². The van der Waals surface area contributed by atoms with Gasteiger partial charge in [-0.05, 0) is 24.3 Å². The molecule has 0 saturated heterocycles. The van der Waals surface area contributed by atoms with Gasteiger partial charge in [-0.15, -0.1) is 5.10 Å². The fourth-order valence-corrected chi connectivity index (χ4v) is 1.54. The first-order valence-electron chi connectivity index (χ1n) is 5.86. The lowest BCUT2D eigenvalue weighted by Gasteiger charge is -2.12. The summed E-state index contributed by atoms with van der Waals surface area (Å²) in [6.07, 6.45) is 0. The van der Waals surface area contributed by atoms with Gasteiger partial charge >= 0.3 is 0 Å². The van der Waals surface area contributed by atoms with Crippen molar-refractivity contribution in [1.29, 1.82) is 0 Å². The van der Waals surface area contributed by atoms with Gasteiger partial charge in [0.25, 0.3) is 5.91 Å². The van der Waals surface area contributed by atoms with Crippen LogP contribution in [0, 0.1) is 0 Å². The molecule has 1 heterocycles. The molecule has 0 bridgehead atoms. The van der Waals surface area contributed by atoms with Crippen molar-refractivity contribution in [3.05, 3.63) is 40.9 Å². The maximum atomic E-state index is 12.0. The van der Waals surface area contributed by atoms with Gasteiger partial charge in [0.2, 0.25) is 5.82 Å². The Morgan fingerprint density at radius 3 is 2.42 bits per heavy atom. The van der Waals surface area contributed by atoms with Crippen LogP contribution in [-0.4, -0.2) is 21.1 Å². The van der Waals surface area contributed by atoms with E-state index >= 15 is 0 Å². The minimum Gasteiger partial charge on any atom is -0.319 e. The number of nitrogens with one attached hydrogen (secondary N) is 2. The molecule has 5 nitrogen and oxygen atoms in total. The van der Waals surface area contributed by atoms with Crippen molar-refractivity contribution in [3.63, 3.8) is 0 Å². The van der Waals surface area contributed by atoms with E-state index in [-0.39, 0.29) is 17.1 Å². The Morgan fingerprint density at radius 2 is 1.89 bits per heavy atom. The largest absolute Gasteiger partial charge is 0.319 e. The number of nitrogens with zero attached hydrogens (tertiary/aromatic N) is 2. The quantitative estimate of drug-likeness (QED) is 0.887. The number of H-pyrrole nitrogens is 1. The molecular formula is C13H15ClN4O. The molecule has 1 aromatic carbocycles. The van der Waals surface area contributed by atoms with E-state index in [1.54, 1.807) is 24.3 Å². The number of anilines is 1. The minimum absolute atomic E-state index is 0.125. The van der Waals surface area contributed by atoms with Crippen molar-refractivity contribution < 1.29 is 4.79 Å². The lowest BCUT2D eigenvalue weighted by Crippen LogP contribution is -2.16. The van der Waals surface area contributed by atoms with Crippen molar-refractivity contribution in [1.82, 2.24) is 15.2 Å². The summed E-state index contributed by atoms with van der Waals surface area (Å²) < 4.78 is 0. The molecule has 0 aliphatic carbocycles. The highest BCUT2D eigenvalue weighted by molar-refractivity contribution is 6.30. The maximum Gasteiger partial charge on any atom is 0.295 e. The molecule has 19 heavy (non-hydrogen) atoms. The highest BCUT2D eigenvalue weighted by Crippen LogP contribution is 2.18. The smallest absolute Gasteiger partial charge is 0.295 e. The van der Waals surface area contributed by atoms with Crippen LogP contribution in [0.25, 0.3) is 0 Å². The van der Waals surface area contributed by atoms with Gasteiger partial charge in [0.15, 0.2) is 0 Å². The molecule has 100 valence electrons. The van der Waals surface area contributed by atoms with E-state index in [2.05, 4.69) is 20.5 Å². The second kappa shape index (κ2) is 5.01. The van der Waals surface area contributed by atoms with E-state index in [0.717, 1.165) is 0 Å². The first-order chi connectivity index (χ1) is 8.86. The zero-order valence-electron chi connectivity index (χ0n) is 11.0. The molecule has 1 amide bonds. The summed E-state index contributed by atoms with van der Waals surface area (Å²) in [5.74, 6) is 0.447. The van der Waals surface area contributed by atoms with Crippen LogP contribution in [0.15, 0.2) is 24.3 Å². The van der Waals surface area contributed by atoms with E-state index in [9.17, 15) is 4.79 Å². The van der Waals surface area contributed by atoms with Crippen LogP contribution < -0.4 is 5.32 Å². The third-order valence-electron chi connectivity index (χ3n) is 2.50. The predicted octanol–water partition coefficient (Wildman–Crippen LogP) is 3.01. The Kier molecular flexibility index (Phi) is 3.57. The van der Waals surface area contributed by atoms with Crippen LogP contribution in [0.2, 0.25) is 5.02 Å². The maximum absolute atomic E-state index is 12.0. The average Bonchev–Trinajstić information content (AvgIpc) is 2.81. The van der Waals surface area contributed by atoms with E-state index in [0.29, 0.717) is 16.5 Å². The fourth-order valence-electron chi connectivity index (χ4n) is 1.42. The zero-order chi connectivity index (χ0) is 14.0. The van der Waals surface area contributed by atoms with Gasteiger partial charge in [0, 0.05) is 16.1 Å². The molecule has 0 radical (unpaired) electrons. The Hall–Kier alpha value is -1.88. The molecule has 0 spiro atoms. The lowest BCUT2D eigenvalue weighted by molar-refractivity contribution is 0.101. The Labute approximate surface area is 116 Å². The first-order valence-corrected chi connectivity index (χ1v) is 6.24. The Balaban J connectivity index is 2.12. The summed E-state index contributed by atoms with van der Waals surface area (Å²) in [5, 5.41) is 10.0. The number of hydrogen-bond donors (Lipinski definition) is 2. The van der Waals surface area contributed by atoms with Crippen LogP contribution in [0.4, 0.5) is 5.69 Å². The number of benzene rings is 1. The van der Waals surface area contributed by atoms with Crippen LogP contribution >= 0.6 is 11.6 Å². The molecule has 2 rings (SSSR count). The molecule has 0 atom stereocenters. The molecular weight excluding hydrogens is 264 g/mol. The number of aromatic amines is 1. The van der Waals surface area contributed by atoms with Gasteiger partial charge in [0.05, 0.1) is 0 Å². The first kappa shape index (κ1) is 13.5. The molecule has 6 heteroatoms. The number of rotatable bonds is 2. The fraction of sp³-hybridized carbons (Fsp3) is 0.308. The number of aromatic nitrogens is 3. The molecule has 0 aliphatic rings. The average molecular weight is 279 g/mol. The minimum atomic E-state index is -0.353. The summed E-state index contributed by atoms with van der Waals surface area (Å²) in [5.41, 5.74) is 0.475. The second-order valence-electron chi connectivity index (χ2n) is 5.22. The van der Waals surface area contributed by atoms with Crippen LogP contribution in [0.3, 0.4) is 0 Å². The summed E-state index contributed by atoms with van der Waals surface area (Å²) in [4.78, 5) is 16.1. The number of carbonyl (C=O) groups is 1. The van der Waals surface area contributed by atoms with E-state index in [1.807, 2.05) is 20.8 Å². The summed E-state index contributed by atoms with van der Waals surface area (Å²) in [7, 11) is 0. The molecule has 0 aliphatic heterocycles. The molecule has 2 aromatic rings. The number of hydrogen-bond acceptors (Lipinski definition) is 3. The second-order valence-corrected chi connectivity index (χ2v) is 5.66. The van der Waals surface area contributed by atoms with Crippen LogP contribution in [0.1, 0.15) is 37.2 Å². The van der Waals surface area contributed by atoms with Crippen molar-refractivity contribution >= 4 is 23.2 Å². The van der Waals surface area contributed by atoms with Gasteiger partial charge < -0.3 is 5.32 Å². The van der Waals surface area contributed by atoms with E-state index in [1.165, 1.54) is 0 Å². The molecule has 0 saturated carbocycles. The molecule has 0 unspecified atom stereocenters. The van der Waals surface area contributed by atoms with E-state index in [4.69, 9.17) is 11.6 Å². The van der Waals surface area contributed by atoms with Gasteiger partial charge in [-0.2, -0.15) is 0 Å². The van der Waals surface area contributed by atoms with Gasteiger partial charge in [-0.1, -0.05) is 32.4 Å². The van der Waals surface area contributed by atoms with Crippen LogP contribution in [-0.2, 0) is 5.41 Å². The molecule has 2 N–H and O–H groups in total. The normalized spacial score (nSPS) is 11.4. The van der Waals surface area contributed by atoms with E-state index < -0.39 is 0 Å². The SMILES string of the molecule is CC(C)(C)c1nc(C(=O)Nc2ccc(Cl)cc2)n[nH]1. The van der Waals surface area contributed by atoms with Crippen molar-refractivity contribution in [2.75, 3.05) is 5.32 Å². The number of carbonyl (C=O) groups excluding carboxylic acids is 1. The molecule has 1 aromatic heterocycles. The van der Waals surface area contributed by atoms with Crippen molar-refractivity contribution in [3.8, 4) is 0 Å². The van der Waals surface area contributed by atoms with Crippen molar-refractivity contribution in [2.45, 2.75) is 26.2 Å². The lowest BCUT2D eigenvalue weighted by atomic mass is 9.96. The molecule has 0 fully saturated rings. The standard InChI is InChI=1S/C13H15ClN4O/c1-13(2,3)12-16-10(17-18-12)11(19)15-9-6-4-8(14)5-7-9/h4-7H,1-3H3,(H,15,19)(H,16,17,18).